The first-order chi connectivity index (χ1) is 15.6. The van der Waals surface area contributed by atoms with Crippen LogP contribution in [0.25, 0.3) is 0 Å². The van der Waals surface area contributed by atoms with E-state index in [0.717, 1.165) is 31.7 Å². The number of aromatic nitrogens is 2. The van der Waals surface area contributed by atoms with Crippen molar-refractivity contribution in [3.8, 4) is 5.75 Å². The Morgan fingerprint density at radius 1 is 0.969 bits per heavy atom. The lowest BCUT2D eigenvalue weighted by molar-refractivity contribution is 0.0676. The van der Waals surface area contributed by atoms with E-state index in [0.29, 0.717) is 32.2 Å². The molecule has 1 aromatic heterocycles. The number of benzene rings is 1. The van der Waals surface area contributed by atoms with E-state index in [1.165, 1.54) is 37.2 Å². The Labute approximate surface area is 188 Å². The van der Waals surface area contributed by atoms with Gasteiger partial charge in [-0.05, 0) is 56.3 Å². The van der Waals surface area contributed by atoms with E-state index in [1.54, 1.807) is 0 Å². The van der Waals surface area contributed by atoms with Gasteiger partial charge in [0.2, 0.25) is 0 Å². The summed E-state index contributed by atoms with van der Waals surface area (Å²) in [6, 6.07) is 8.89. The third kappa shape index (κ3) is 5.62. The van der Waals surface area contributed by atoms with Gasteiger partial charge in [-0.2, -0.15) is 0 Å². The highest BCUT2D eigenvalue weighted by atomic mass is 16.5. The molecule has 1 unspecified atom stereocenters. The number of carbonyl (C=O) groups excluding carboxylic acids is 2. The van der Waals surface area contributed by atoms with Crippen LogP contribution in [0.4, 0.5) is 0 Å². The molecule has 1 aromatic carbocycles. The largest absolute Gasteiger partial charge is 0.494 e. The Morgan fingerprint density at radius 3 is 2.62 bits per heavy atom. The van der Waals surface area contributed by atoms with Crippen molar-refractivity contribution in [3.63, 3.8) is 0 Å². The number of carbonyl (C=O) groups is 2. The molecule has 2 aliphatic rings. The van der Waals surface area contributed by atoms with Crippen LogP contribution in [0.5, 0.6) is 5.75 Å². The fraction of sp³-hybridized carbons (Fsp3) is 0.500. The number of nitrogens with zero attached hydrogens (tertiary/aromatic N) is 4. The lowest BCUT2D eigenvalue weighted by atomic mass is 9.95. The number of fused-ring (bicyclic) bond motifs is 3. The van der Waals surface area contributed by atoms with Crippen LogP contribution < -0.4 is 10.5 Å². The molecule has 1 saturated heterocycles. The Kier molecular flexibility index (Phi) is 7.32. The molecule has 4 rings (SSSR count). The van der Waals surface area contributed by atoms with Gasteiger partial charge in [-0.15, -0.1) is 0 Å². The number of nitrogens with two attached hydrogens (primary N) is 1. The molecular weight excluding hydrogens is 406 g/mol. The van der Waals surface area contributed by atoms with E-state index >= 15 is 0 Å². The third-order valence-electron chi connectivity index (χ3n) is 6.32. The highest BCUT2D eigenvalue weighted by Crippen LogP contribution is 2.23. The molecule has 2 bridgehead atoms. The second kappa shape index (κ2) is 10.5. The maximum Gasteiger partial charge on any atom is 0.274 e. The molecule has 170 valence electrons. The van der Waals surface area contributed by atoms with Gasteiger partial charge in [-0.3, -0.25) is 14.5 Å². The van der Waals surface area contributed by atoms with Gasteiger partial charge in [-0.25, -0.2) is 9.97 Å². The molecule has 2 aliphatic heterocycles. The molecule has 0 saturated carbocycles. The van der Waals surface area contributed by atoms with Crippen molar-refractivity contribution < 1.29 is 14.3 Å². The van der Waals surface area contributed by atoms with Crippen LogP contribution in [-0.4, -0.2) is 70.4 Å². The molecule has 1 fully saturated rings. The molecule has 8 heteroatoms. The second-order valence-electron chi connectivity index (χ2n) is 8.52. The minimum Gasteiger partial charge on any atom is -0.494 e. The first-order valence-electron chi connectivity index (χ1n) is 11.5. The van der Waals surface area contributed by atoms with Crippen molar-refractivity contribution in [2.24, 2.45) is 5.73 Å². The monoisotopic (exact) mass is 437 g/mol. The minimum atomic E-state index is -0.660. The van der Waals surface area contributed by atoms with Crippen LogP contribution in [0.15, 0.2) is 36.7 Å². The Balaban J connectivity index is 1.51. The van der Waals surface area contributed by atoms with Crippen LogP contribution in [-0.2, 0) is 6.42 Å². The van der Waals surface area contributed by atoms with Crippen molar-refractivity contribution in [2.75, 3.05) is 32.8 Å². The van der Waals surface area contributed by atoms with Gasteiger partial charge in [0.05, 0.1) is 19.0 Å². The molecule has 2 amide bonds. The summed E-state index contributed by atoms with van der Waals surface area (Å²) in [5, 5.41) is 0. The first-order valence-corrected chi connectivity index (χ1v) is 11.5. The molecule has 0 radical (unpaired) electrons. The zero-order valence-corrected chi connectivity index (χ0v) is 18.4. The Bertz CT molecular complexity index is 933. The fourth-order valence-electron chi connectivity index (χ4n) is 4.54. The zero-order chi connectivity index (χ0) is 22.3. The number of rotatable bonds is 2. The van der Waals surface area contributed by atoms with E-state index in [1.807, 2.05) is 11.0 Å². The molecule has 8 nitrogen and oxygen atoms in total. The maximum absolute atomic E-state index is 13.2. The molecule has 2 N–H and O–H groups in total. The number of primary amides is 1. The average Bonchev–Trinajstić information content (AvgIpc) is 2.82. The standard InChI is InChI=1S/C24H31N5O3/c25-23(30)21-16-27-22(17-26-21)24(31)29-11-4-14-32-20-7-3-5-18(15-20)8-9-19-6-1-2-10-28(19)12-13-29/h3,5,7,15-17,19H,1-2,4,6,8-14H2,(H2,25,30). The minimum absolute atomic E-state index is 0.0503. The lowest BCUT2D eigenvalue weighted by Gasteiger charge is -2.37. The van der Waals surface area contributed by atoms with Crippen LogP contribution in [0.2, 0.25) is 0 Å². The van der Waals surface area contributed by atoms with Crippen LogP contribution >= 0.6 is 0 Å². The quantitative estimate of drug-likeness (QED) is 0.774. The summed E-state index contributed by atoms with van der Waals surface area (Å²) < 4.78 is 5.95. The summed E-state index contributed by atoms with van der Waals surface area (Å²) >= 11 is 0. The number of amides is 2. The predicted octanol–water partition coefficient (Wildman–Crippen LogP) is 2.29. The van der Waals surface area contributed by atoms with E-state index in [-0.39, 0.29) is 17.3 Å². The van der Waals surface area contributed by atoms with E-state index in [2.05, 4.69) is 33.1 Å². The topological polar surface area (TPSA) is 102 Å². The molecule has 1 atom stereocenters. The van der Waals surface area contributed by atoms with Crippen molar-refractivity contribution >= 4 is 11.8 Å². The van der Waals surface area contributed by atoms with Gasteiger partial charge in [0.15, 0.2) is 0 Å². The van der Waals surface area contributed by atoms with Crippen LogP contribution in [0, 0.1) is 0 Å². The van der Waals surface area contributed by atoms with E-state index in [9.17, 15) is 9.59 Å². The molecule has 0 aliphatic carbocycles. The molecule has 0 spiro atoms. The zero-order valence-electron chi connectivity index (χ0n) is 18.4. The summed E-state index contributed by atoms with van der Waals surface area (Å²) in [5.74, 6) is 0.0363. The number of aryl methyl sites for hydroxylation is 1. The first kappa shape index (κ1) is 22.2. The third-order valence-corrected chi connectivity index (χ3v) is 6.32. The Morgan fingerprint density at radius 2 is 1.81 bits per heavy atom. The van der Waals surface area contributed by atoms with Crippen molar-refractivity contribution in [3.05, 3.63) is 53.6 Å². The lowest BCUT2D eigenvalue weighted by Crippen LogP contribution is -2.46. The van der Waals surface area contributed by atoms with Crippen LogP contribution in [0.3, 0.4) is 0 Å². The summed E-state index contributed by atoms with van der Waals surface area (Å²) in [4.78, 5) is 36.9. The van der Waals surface area contributed by atoms with Crippen LogP contribution in [0.1, 0.15) is 58.6 Å². The predicted molar refractivity (Wildman–Crippen MR) is 121 cm³/mol. The number of hydrogen-bond acceptors (Lipinski definition) is 6. The number of piperidine rings is 1. The normalized spacial score (nSPS) is 20.5. The number of ether oxygens (including phenoxy) is 1. The summed E-state index contributed by atoms with van der Waals surface area (Å²) in [5.41, 5.74) is 6.82. The van der Waals surface area contributed by atoms with Gasteiger partial charge < -0.3 is 15.4 Å². The van der Waals surface area contributed by atoms with Crippen molar-refractivity contribution in [2.45, 2.75) is 44.6 Å². The number of hydrogen-bond donors (Lipinski definition) is 1. The molecule has 3 heterocycles. The highest BCUT2D eigenvalue weighted by Gasteiger charge is 2.25. The highest BCUT2D eigenvalue weighted by molar-refractivity contribution is 5.93. The van der Waals surface area contributed by atoms with Gasteiger partial charge in [0, 0.05) is 25.7 Å². The fourth-order valence-corrected chi connectivity index (χ4v) is 4.54. The maximum atomic E-state index is 13.2. The van der Waals surface area contributed by atoms with Gasteiger partial charge >= 0.3 is 0 Å². The molecular formula is C24H31N5O3. The van der Waals surface area contributed by atoms with Gasteiger partial charge in [0.1, 0.15) is 17.1 Å². The van der Waals surface area contributed by atoms with Crippen molar-refractivity contribution in [1.82, 2.24) is 19.8 Å². The average molecular weight is 438 g/mol. The van der Waals surface area contributed by atoms with E-state index in [4.69, 9.17) is 10.5 Å². The molecule has 2 aromatic rings. The van der Waals surface area contributed by atoms with Gasteiger partial charge in [-0.1, -0.05) is 18.6 Å². The summed E-state index contributed by atoms with van der Waals surface area (Å²) in [6.07, 6.45) is 9.11. The summed E-state index contributed by atoms with van der Waals surface area (Å²) in [7, 11) is 0. The SMILES string of the molecule is NC(=O)c1cnc(C(=O)N2CCCOc3cccc(c3)CCC3CCCCN3CC2)cn1. The van der Waals surface area contributed by atoms with Gasteiger partial charge in [0.25, 0.3) is 11.8 Å². The molecule has 32 heavy (non-hydrogen) atoms. The van der Waals surface area contributed by atoms with E-state index < -0.39 is 5.91 Å². The Hall–Kier alpha value is -3.00. The second-order valence-corrected chi connectivity index (χ2v) is 8.52. The van der Waals surface area contributed by atoms with Crippen molar-refractivity contribution in [1.29, 1.82) is 0 Å². The smallest absolute Gasteiger partial charge is 0.274 e. The summed E-state index contributed by atoms with van der Waals surface area (Å²) in [6.45, 7) is 3.63.